The van der Waals surface area contributed by atoms with Crippen molar-refractivity contribution in [2.24, 2.45) is 0 Å². The van der Waals surface area contributed by atoms with Crippen molar-refractivity contribution >= 4 is 39.2 Å². The Labute approximate surface area is 117 Å². The third-order valence-corrected chi connectivity index (χ3v) is 2.61. The Morgan fingerprint density at radius 1 is 1.72 bits per heavy atom. The minimum Gasteiger partial charge on any atom is -0.468 e. The van der Waals surface area contributed by atoms with E-state index in [-0.39, 0.29) is 11.6 Å². The van der Waals surface area contributed by atoms with Gasteiger partial charge >= 0.3 is 5.97 Å². The molecule has 0 aliphatic carbocycles. The van der Waals surface area contributed by atoms with Crippen molar-refractivity contribution in [2.75, 3.05) is 19.0 Å². The molecule has 0 aliphatic rings. The van der Waals surface area contributed by atoms with Gasteiger partial charge in [-0.15, -0.1) is 0 Å². The lowest BCUT2D eigenvalue weighted by molar-refractivity contribution is -0.141. The van der Waals surface area contributed by atoms with Crippen LogP contribution in [-0.2, 0) is 16.1 Å². The zero-order valence-corrected chi connectivity index (χ0v) is 11.9. The Morgan fingerprint density at radius 3 is 2.94 bits per heavy atom. The first-order valence-corrected chi connectivity index (χ1v) is 6.02. The van der Waals surface area contributed by atoms with Gasteiger partial charge in [-0.25, -0.2) is 4.68 Å². The third kappa shape index (κ3) is 3.85. The highest BCUT2D eigenvalue weighted by Crippen LogP contribution is 2.16. The van der Waals surface area contributed by atoms with Gasteiger partial charge in [-0.3, -0.25) is 9.59 Å². The molecule has 1 N–H and O–H groups in total. The monoisotopic (exact) mass is 335 g/mol. The van der Waals surface area contributed by atoms with E-state index in [0.29, 0.717) is 16.7 Å². The Morgan fingerprint density at radius 2 is 2.39 bits per heavy atom. The van der Waals surface area contributed by atoms with Crippen molar-refractivity contribution in [3.8, 4) is 0 Å². The van der Waals surface area contributed by atoms with Crippen LogP contribution in [0.25, 0.3) is 0 Å². The zero-order chi connectivity index (χ0) is 13.7. The van der Waals surface area contributed by atoms with Gasteiger partial charge < -0.3 is 10.1 Å². The predicted molar refractivity (Wildman–Crippen MR) is 72.1 cm³/mol. The van der Waals surface area contributed by atoms with Gasteiger partial charge in [0, 0.05) is 11.0 Å². The largest absolute Gasteiger partial charge is 0.468 e. The molecule has 1 rings (SSSR count). The minimum absolute atomic E-state index is 0.0392. The number of hydrogen-bond acceptors (Lipinski definition) is 5. The summed E-state index contributed by atoms with van der Waals surface area (Å²) in [6.45, 7) is 3.76. The Kier molecular flexibility index (Phi) is 5.36. The maximum Gasteiger partial charge on any atom is 0.327 e. The first-order valence-electron chi connectivity index (χ1n) is 4.85. The van der Waals surface area contributed by atoms with Crippen LogP contribution >= 0.6 is 27.5 Å². The molecule has 0 saturated carbocycles. The first kappa shape index (κ1) is 14.7. The van der Waals surface area contributed by atoms with Gasteiger partial charge in [0.05, 0.1) is 19.0 Å². The van der Waals surface area contributed by atoms with Crippen LogP contribution in [0.3, 0.4) is 0 Å². The van der Waals surface area contributed by atoms with E-state index in [4.69, 9.17) is 11.6 Å². The average molecular weight is 337 g/mol. The second-order valence-corrected chi connectivity index (χ2v) is 4.78. The molecule has 0 spiro atoms. The SMILES string of the molecule is C=C(Br)CNc1cnn(CC(=O)OC)c(=O)c1Cl. The molecule has 0 saturated heterocycles. The van der Waals surface area contributed by atoms with Gasteiger partial charge in [0.1, 0.15) is 11.6 Å². The topological polar surface area (TPSA) is 73.2 Å². The Hall–Kier alpha value is -1.34. The second kappa shape index (κ2) is 6.55. The maximum atomic E-state index is 11.8. The van der Waals surface area contributed by atoms with E-state index in [1.807, 2.05) is 0 Å². The number of ether oxygens (including phenoxy) is 1. The fraction of sp³-hybridized carbons (Fsp3) is 0.300. The molecule has 0 atom stereocenters. The van der Waals surface area contributed by atoms with Gasteiger partial charge in [0.15, 0.2) is 0 Å². The minimum atomic E-state index is -0.574. The van der Waals surface area contributed by atoms with Crippen LogP contribution in [0, 0.1) is 0 Å². The number of carbonyl (C=O) groups excluding carboxylic acids is 1. The highest BCUT2D eigenvalue weighted by molar-refractivity contribution is 9.11. The lowest BCUT2D eigenvalue weighted by Gasteiger charge is -2.09. The van der Waals surface area contributed by atoms with Gasteiger partial charge in [-0.05, 0) is 0 Å². The molecule has 18 heavy (non-hydrogen) atoms. The zero-order valence-electron chi connectivity index (χ0n) is 9.57. The quantitative estimate of drug-likeness (QED) is 0.823. The standard InChI is InChI=1S/C10H11BrClN3O3/c1-6(11)3-13-7-4-14-15(5-8(16)18-2)10(17)9(7)12/h4,13H,1,3,5H2,2H3. The number of nitrogens with zero attached hydrogens (tertiary/aromatic N) is 2. The van der Waals surface area contributed by atoms with E-state index in [0.717, 1.165) is 4.68 Å². The number of hydrogen-bond donors (Lipinski definition) is 1. The summed E-state index contributed by atoms with van der Waals surface area (Å²) in [5.74, 6) is -0.574. The molecule has 0 unspecified atom stereocenters. The summed E-state index contributed by atoms with van der Waals surface area (Å²) in [6.07, 6.45) is 1.36. The van der Waals surface area contributed by atoms with E-state index < -0.39 is 11.5 Å². The number of halogens is 2. The number of nitrogens with one attached hydrogen (secondary N) is 1. The normalized spacial score (nSPS) is 9.94. The molecule has 98 valence electrons. The lowest BCUT2D eigenvalue weighted by Crippen LogP contribution is -2.28. The molecule has 0 aromatic carbocycles. The van der Waals surface area contributed by atoms with E-state index in [1.54, 1.807) is 0 Å². The van der Waals surface area contributed by atoms with Gasteiger partial charge in [0.2, 0.25) is 0 Å². The number of aromatic nitrogens is 2. The van der Waals surface area contributed by atoms with Crippen LogP contribution in [0.4, 0.5) is 5.69 Å². The molecule has 1 aromatic heterocycles. The summed E-state index contributed by atoms with van der Waals surface area (Å²) in [7, 11) is 1.23. The Balaban J connectivity index is 2.94. The van der Waals surface area contributed by atoms with E-state index >= 15 is 0 Å². The molecular weight excluding hydrogens is 325 g/mol. The maximum absolute atomic E-state index is 11.8. The molecule has 0 bridgehead atoms. The highest BCUT2D eigenvalue weighted by atomic mass is 79.9. The van der Waals surface area contributed by atoms with Crippen molar-refractivity contribution in [3.05, 3.63) is 32.6 Å². The highest BCUT2D eigenvalue weighted by Gasteiger charge is 2.11. The van der Waals surface area contributed by atoms with Crippen molar-refractivity contribution in [1.29, 1.82) is 0 Å². The summed E-state index contributed by atoms with van der Waals surface area (Å²) in [5.41, 5.74) is -0.185. The third-order valence-electron chi connectivity index (χ3n) is 1.96. The molecule has 0 fully saturated rings. The second-order valence-electron chi connectivity index (χ2n) is 3.28. The molecule has 1 heterocycles. The van der Waals surface area contributed by atoms with Crippen LogP contribution in [0.2, 0.25) is 5.02 Å². The van der Waals surface area contributed by atoms with Crippen molar-refractivity contribution in [1.82, 2.24) is 9.78 Å². The van der Waals surface area contributed by atoms with Crippen LogP contribution in [-0.4, -0.2) is 29.4 Å². The molecule has 8 heteroatoms. The molecular formula is C10H11BrClN3O3. The summed E-state index contributed by atoms with van der Waals surface area (Å²) in [5, 5.41) is 6.65. The van der Waals surface area contributed by atoms with Crippen LogP contribution in [0.5, 0.6) is 0 Å². The molecule has 6 nitrogen and oxygen atoms in total. The first-order chi connectivity index (χ1) is 8.45. The number of rotatable bonds is 5. The fourth-order valence-electron chi connectivity index (χ4n) is 1.08. The van der Waals surface area contributed by atoms with Crippen molar-refractivity contribution in [2.45, 2.75) is 6.54 Å². The molecule has 0 amide bonds. The van der Waals surface area contributed by atoms with E-state index in [1.165, 1.54) is 13.3 Å². The van der Waals surface area contributed by atoms with E-state index in [2.05, 4.69) is 37.7 Å². The van der Waals surface area contributed by atoms with Gasteiger partial charge in [-0.2, -0.15) is 5.10 Å². The summed E-state index contributed by atoms with van der Waals surface area (Å²) in [4.78, 5) is 22.8. The van der Waals surface area contributed by atoms with Crippen LogP contribution in [0.1, 0.15) is 0 Å². The lowest BCUT2D eigenvalue weighted by atomic mass is 10.4. The summed E-state index contributed by atoms with van der Waals surface area (Å²) < 4.78 is 6.08. The predicted octanol–water partition coefficient (Wildman–Crippen LogP) is 1.39. The number of methoxy groups -OCH3 is 1. The smallest absolute Gasteiger partial charge is 0.327 e. The summed E-state index contributed by atoms with van der Waals surface area (Å²) >= 11 is 9.04. The average Bonchev–Trinajstić information content (AvgIpc) is 2.33. The van der Waals surface area contributed by atoms with Gasteiger partial charge in [-0.1, -0.05) is 34.1 Å². The molecule has 0 radical (unpaired) electrons. The van der Waals surface area contributed by atoms with Crippen molar-refractivity contribution < 1.29 is 9.53 Å². The fourth-order valence-corrected chi connectivity index (χ4v) is 1.43. The number of anilines is 1. The molecule has 1 aromatic rings. The van der Waals surface area contributed by atoms with Gasteiger partial charge in [0.25, 0.3) is 5.56 Å². The number of carbonyl (C=O) groups is 1. The number of esters is 1. The molecule has 0 aliphatic heterocycles. The van der Waals surface area contributed by atoms with Crippen molar-refractivity contribution in [3.63, 3.8) is 0 Å². The summed E-state index contributed by atoms with van der Waals surface area (Å²) in [6, 6.07) is 0. The van der Waals surface area contributed by atoms with E-state index in [9.17, 15) is 9.59 Å². The van der Waals surface area contributed by atoms with Crippen LogP contribution in [0.15, 0.2) is 22.1 Å². The Bertz CT molecular complexity index is 530. The van der Waals surface area contributed by atoms with Crippen LogP contribution < -0.4 is 10.9 Å².